The average Bonchev–Trinajstić information content (AvgIpc) is 1.90. The van der Waals surface area contributed by atoms with E-state index in [0.29, 0.717) is 0 Å². The maximum atomic E-state index is 2.34. The first-order valence-corrected chi connectivity index (χ1v) is 3.70. The van der Waals surface area contributed by atoms with Crippen LogP contribution >= 0.6 is 24.0 Å². The van der Waals surface area contributed by atoms with Crippen molar-refractivity contribution >= 4 is 24.0 Å². The Kier molecular flexibility index (Phi) is 5.04. The first kappa shape index (κ1) is 10.2. The molecule has 10 heavy (non-hydrogen) atoms. The lowest BCUT2D eigenvalue weighted by molar-refractivity contribution is 0.727. The van der Waals surface area contributed by atoms with Crippen LogP contribution in [0.15, 0.2) is 23.8 Å². The molecule has 0 bridgehead atoms. The van der Waals surface area contributed by atoms with Gasteiger partial charge in [-0.15, -0.1) is 24.0 Å². The smallest absolute Gasteiger partial charge is 0.0224 e. The molecule has 0 aromatic rings. The van der Waals surface area contributed by atoms with Crippen LogP contribution in [0.3, 0.4) is 0 Å². The van der Waals surface area contributed by atoms with E-state index in [1.807, 2.05) is 0 Å². The lowest BCUT2D eigenvalue weighted by Gasteiger charge is -2.09. The third kappa shape index (κ3) is 2.86. The zero-order valence-electron chi connectivity index (χ0n) is 6.63. The molecule has 0 nitrogen and oxygen atoms in total. The average molecular weight is 250 g/mol. The molecule has 0 amide bonds. The van der Waals surface area contributed by atoms with Crippen molar-refractivity contribution in [3.05, 3.63) is 23.8 Å². The first-order chi connectivity index (χ1) is 4.33. The van der Waals surface area contributed by atoms with Gasteiger partial charge in [0, 0.05) is 0 Å². The highest BCUT2D eigenvalue weighted by Gasteiger charge is 1.99. The molecule has 0 aromatic carbocycles. The quantitative estimate of drug-likeness (QED) is 0.624. The topological polar surface area (TPSA) is 0 Å². The van der Waals surface area contributed by atoms with Crippen molar-refractivity contribution < 1.29 is 0 Å². The van der Waals surface area contributed by atoms with Crippen LogP contribution < -0.4 is 0 Å². The Labute approximate surface area is 80.4 Å². The van der Waals surface area contributed by atoms with Crippen molar-refractivity contribution in [1.82, 2.24) is 0 Å². The summed E-state index contributed by atoms with van der Waals surface area (Å²) in [6, 6.07) is 0. The summed E-state index contributed by atoms with van der Waals surface area (Å²) in [6.07, 6.45) is 9.29. The van der Waals surface area contributed by atoms with Gasteiger partial charge in [0.1, 0.15) is 0 Å². The Morgan fingerprint density at radius 3 is 2.70 bits per heavy atom. The Balaban J connectivity index is 0.000000810. The minimum absolute atomic E-state index is 0. The van der Waals surface area contributed by atoms with Gasteiger partial charge in [-0.2, -0.15) is 0 Å². The van der Waals surface area contributed by atoms with Crippen LogP contribution in [0.2, 0.25) is 0 Å². The van der Waals surface area contributed by atoms with Crippen LogP contribution in [0.4, 0.5) is 0 Å². The second-order valence-electron chi connectivity index (χ2n) is 2.70. The van der Waals surface area contributed by atoms with Gasteiger partial charge >= 0.3 is 0 Å². The Hall–Kier alpha value is 0.210. The van der Waals surface area contributed by atoms with Crippen molar-refractivity contribution in [2.45, 2.75) is 26.7 Å². The molecule has 1 atom stereocenters. The van der Waals surface area contributed by atoms with Gasteiger partial charge in [-0.3, -0.25) is 0 Å². The largest absolute Gasteiger partial charge is 0.107 e. The lowest BCUT2D eigenvalue weighted by Crippen LogP contribution is -1.92. The predicted molar refractivity (Wildman–Crippen MR) is 56.7 cm³/mol. The van der Waals surface area contributed by atoms with E-state index in [0.717, 1.165) is 5.92 Å². The molecule has 1 heteroatoms. The maximum absolute atomic E-state index is 2.34. The van der Waals surface area contributed by atoms with Crippen LogP contribution in [-0.4, -0.2) is 0 Å². The molecule has 0 aromatic heterocycles. The van der Waals surface area contributed by atoms with Crippen molar-refractivity contribution in [1.29, 1.82) is 0 Å². The SMILES string of the molecule is CCC1=CCC(C)C=C1.I. The number of rotatable bonds is 1. The van der Waals surface area contributed by atoms with Crippen LogP contribution in [0.25, 0.3) is 0 Å². The van der Waals surface area contributed by atoms with Gasteiger partial charge in [-0.05, 0) is 18.8 Å². The first-order valence-electron chi connectivity index (χ1n) is 3.70. The molecule has 0 aliphatic heterocycles. The molecule has 1 rings (SSSR count). The molecule has 1 aliphatic rings. The van der Waals surface area contributed by atoms with Crippen molar-refractivity contribution in [3.8, 4) is 0 Å². The summed E-state index contributed by atoms with van der Waals surface area (Å²) in [4.78, 5) is 0. The van der Waals surface area contributed by atoms with Crippen molar-refractivity contribution in [3.63, 3.8) is 0 Å². The molecule has 1 unspecified atom stereocenters. The summed E-state index contributed by atoms with van der Waals surface area (Å²) >= 11 is 0. The van der Waals surface area contributed by atoms with Gasteiger partial charge in [0.05, 0.1) is 0 Å². The molecule has 1 aliphatic carbocycles. The number of halogens is 1. The summed E-state index contributed by atoms with van der Waals surface area (Å²) in [5.74, 6) is 0.764. The molecule has 0 saturated carbocycles. The monoisotopic (exact) mass is 250 g/mol. The fraction of sp³-hybridized carbons (Fsp3) is 0.556. The lowest BCUT2D eigenvalue weighted by atomic mass is 9.97. The summed E-state index contributed by atoms with van der Waals surface area (Å²) in [5, 5.41) is 0. The summed E-state index contributed by atoms with van der Waals surface area (Å²) < 4.78 is 0. The number of hydrogen-bond acceptors (Lipinski definition) is 0. The van der Waals surface area contributed by atoms with Crippen LogP contribution in [0.1, 0.15) is 26.7 Å². The normalized spacial score (nSPS) is 23.4. The third-order valence-corrected chi connectivity index (χ3v) is 1.80. The van der Waals surface area contributed by atoms with E-state index in [2.05, 4.69) is 32.1 Å². The van der Waals surface area contributed by atoms with E-state index >= 15 is 0 Å². The molecule has 0 radical (unpaired) electrons. The molecule has 0 spiro atoms. The summed E-state index contributed by atoms with van der Waals surface area (Å²) in [7, 11) is 0. The van der Waals surface area contributed by atoms with Crippen molar-refractivity contribution in [2.24, 2.45) is 5.92 Å². The second-order valence-corrected chi connectivity index (χ2v) is 2.70. The summed E-state index contributed by atoms with van der Waals surface area (Å²) in [6.45, 7) is 4.45. The molecule has 0 fully saturated rings. The highest BCUT2D eigenvalue weighted by Crippen LogP contribution is 2.16. The number of allylic oxidation sites excluding steroid dienone is 4. The van der Waals surface area contributed by atoms with Gasteiger partial charge in [0.15, 0.2) is 0 Å². The highest BCUT2D eigenvalue weighted by atomic mass is 127. The molecule has 0 N–H and O–H groups in total. The molecule has 0 heterocycles. The van der Waals surface area contributed by atoms with Crippen LogP contribution in [0, 0.1) is 5.92 Å². The summed E-state index contributed by atoms with van der Waals surface area (Å²) in [5.41, 5.74) is 1.49. The van der Waals surface area contributed by atoms with E-state index in [1.54, 1.807) is 0 Å². The zero-order valence-corrected chi connectivity index (χ0v) is 8.96. The molecule has 0 saturated heterocycles. The molecular weight excluding hydrogens is 235 g/mol. The van der Waals surface area contributed by atoms with E-state index in [1.165, 1.54) is 18.4 Å². The van der Waals surface area contributed by atoms with Crippen LogP contribution in [0.5, 0.6) is 0 Å². The van der Waals surface area contributed by atoms with E-state index < -0.39 is 0 Å². The molecular formula is C9H15I. The van der Waals surface area contributed by atoms with Gasteiger partial charge in [0.25, 0.3) is 0 Å². The fourth-order valence-corrected chi connectivity index (χ4v) is 1.03. The Morgan fingerprint density at radius 1 is 1.60 bits per heavy atom. The molecule has 58 valence electrons. The standard InChI is InChI=1S/C9H14.HI/c1-3-9-6-4-8(2)5-7-9;/h4,6-8H,3,5H2,1-2H3;1H. The highest BCUT2D eigenvalue weighted by molar-refractivity contribution is 14.0. The number of hydrogen-bond donors (Lipinski definition) is 0. The van der Waals surface area contributed by atoms with Crippen LogP contribution in [-0.2, 0) is 0 Å². The predicted octanol–water partition coefficient (Wildman–Crippen LogP) is 3.54. The fourth-order valence-electron chi connectivity index (χ4n) is 1.03. The minimum atomic E-state index is 0. The maximum Gasteiger partial charge on any atom is -0.0224 e. The second kappa shape index (κ2) is 4.94. The van der Waals surface area contributed by atoms with E-state index in [-0.39, 0.29) is 24.0 Å². The van der Waals surface area contributed by atoms with Gasteiger partial charge in [0.2, 0.25) is 0 Å². The van der Waals surface area contributed by atoms with Gasteiger partial charge in [-0.25, -0.2) is 0 Å². The van der Waals surface area contributed by atoms with Crippen molar-refractivity contribution in [2.75, 3.05) is 0 Å². The third-order valence-electron chi connectivity index (χ3n) is 1.80. The Morgan fingerprint density at radius 2 is 2.30 bits per heavy atom. The zero-order chi connectivity index (χ0) is 6.69. The van der Waals surface area contributed by atoms with Gasteiger partial charge < -0.3 is 0 Å². The Bertz CT molecular complexity index is 145. The minimum Gasteiger partial charge on any atom is -0.107 e. The van der Waals surface area contributed by atoms with E-state index in [4.69, 9.17) is 0 Å². The van der Waals surface area contributed by atoms with E-state index in [9.17, 15) is 0 Å². The van der Waals surface area contributed by atoms with Gasteiger partial charge in [-0.1, -0.05) is 37.6 Å².